The minimum atomic E-state index is -1.91. The van der Waals surface area contributed by atoms with Crippen molar-refractivity contribution in [1.29, 1.82) is 0 Å². The monoisotopic (exact) mass is 378 g/mol. The van der Waals surface area contributed by atoms with Gasteiger partial charge in [-0.25, -0.2) is 9.97 Å². The molecule has 2 heterocycles. The van der Waals surface area contributed by atoms with E-state index in [-0.39, 0.29) is 5.82 Å². The van der Waals surface area contributed by atoms with Crippen LogP contribution in [0.3, 0.4) is 0 Å². The van der Waals surface area contributed by atoms with Crippen molar-refractivity contribution in [1.82, 2.24) is 19.6 Å². The topological polar surface area (TPSA) is 142 Å². The number of aliphatic hydroxyl groups is 1. The second-order valence-corrected chi connectivity index (χ2v) is 6.35. The summed E-state index contributed by atoms with van der Waals surface area (Å²) in [5.41, 5.74) is 11.4. The summed E-state index contributed by atoms with van der Waals surface area (Å²) in [4.78, 5) is 21.1. The van der Waals surface area contributed by atoms with E-state index in [0.717, 1.165) is 10.9 Å². The van der Waals surface area contributed by atoms with Gasteiger partial charge in [-0.3, -0.25) is 4.79 Å². The number of methoxy groups -OCH3 is 1. The Labute approximate surface area is 159 Å². The highest BCUT2D eigenvalue weighted by atomic mass is 16.5. The van der Waals surface area contributed by atoms with Crippen LogP contribution in [0.15, 0.2) is 48.5 Å². The fourth-order valence-corrected chi connectivity index (χ4v) is 2.97. The lowest BCUT2D eigenvalue weighted by atomic mass is 10.00. The maximum absolute atomic E-state index is 12.0. The van der Waals surface area contributed by atoms with Crippen molar-refractivity contribution >= 4 is 22.5 Å². The van der Waals surface area contributed by atoms with Crippen molar-refractivity contribution in [2.24, 2.45) is 11.5 Å². The molecule has 2 aromatic heterocycles. The van der Waals surface area contributed by atoms with Crippen LogP contribution in [-0.4, -0.2) is 44.3 Å². The normalized spacial score (nSPS) is 13.5. The lowest BCUT2D eigenvalue weighted by Crippen LogP contribution is -2.53. The molecular formula is C19H18N6O3. The zero-order chi connectivity index (χ0) is 19.9. The molecular weight excluding hydrogens is 360 g/mol. The zero-order valence-corrected chi connectivity index (χ0v) is 15.0. The average molecular weight is 378 g/mol. The first-order chi connectivity index (χ1) is 13.5. The number of rotatable bonds is 5. The molecule has 9 heteroatoms. The van der Waals surface area contributed by atoms with E-state index in [2.05, 4.69) is 15.1 Å². The van der Waals surface area contributed by atoms with Crippen molar-refractivity contribution in [3.8, 4) is 17.1 Å². The highest BCUT2D eigenvalue weighted by molar-refractivity contribution is 5.93. The molecule has 0 saturated carbocycles. The van der Waals surface area contributed by atoms with E-state index in [0.29, 0.717) is 22.7 Å². The molecule has 0 bridgehead atoms. The van der Waals surface area contributed by atoms with E-state index in [1.54, 1.807) is 31.4 Å². The highest BCUT2D eigenvalue weighted by Crippen LogP contribution is 2.26. The van der Waals surface area contributed by atoms with Gasteiger partial charge in [-0.1, -0.05) is 12.1 Å². The number of nitrogens with two attached hydrogens (primary N) is 2. The number of benzene rings is 2. The van der Waals surface area contributed by atoms with Crippen LogP contribution in [0, 0.1) is 0 Å². The van der Waals surface area contributed by atoms with E-state index in [9.17, 15) is 9.90 Å². The Balaban J connectivity index is 2.03. The summed E-state index contributed by atoms with van der Waals surface area (Å²) >= 11 is 0. The van der Waals surface area contributed by atoms with Crippen LogP contribution in [0.2, 0.25) is 0 Å². The summed E-state index contributed by atoms with van der Waals surface area (Å²) in [6, 6.07) is 14.5. The molecule has 0 fully saturated rings. The number of primary amides is 1. The first-order valence-electron chi connectivity index (χ1n) is 8.48. The minimum Gasteiger partial charge on any atom is -0.497 e. The molecule has 0 spiro atoms. The van der Waals surface area contributed by atoms with Gasteiger partial charge in [0, 0.05) is 10.9 Å². The number of amides is 1. The van der Waals surface area contributed by atoms with E-state index in [4.69, 9.17) is 16.2 Å². The van der Waals surface area contributed by atoms with Crippen LogP contribution in [-0.2, 0) is 10.3 Å². The molecule has 0 aliphatic rings. The van der Waals surface area contributed by atoms with Crippen LogP contribution in [0.25, 0.3) is 27.9 Å². The van der Waals surface area contributed by atoms with Gasteiger partial charge in [-0.2, -0.15) is 4.52 Å². The molecule has 28 heavy (non-hydrogen) atoms. The fourth-order valence-electron chi connectivity index (χ4n) is 2.97. The molecule has 1 amide bonds. The molecule has 0 aliphatic carbocycles. The third-order valence-electron chi connectivity index (χ3n) is 4.62. The Hall–Kier alpha value is -3.56. The van der Waals surface area contributed by atoms with Gasteiger partial charge in [0.05, 0.1) is 19.2 Å². The standard InChI is InChI=1S/C19H18N6O3/c1-28-12-8-6-11(7-9-12)15-23-16-13-4-2-3-5-14(13)22-18(25(16)24-15)19(21,10-26)17(20)27/h2-9,26H,10,21H2,1H3,(H2,20,27)/t19-/m1/s1. The predicted molar refractivity (Wildman–Crippen MR) is 102 cm³/mol. The Kier molecular flexibility index (Phi) is 4.17. The summed E-state index contributed by atoms with van der Waals surface area (Å²) in [7, 11) is 1.59. The highest BCUT2D eigenvalue weighted by Gasteiger charge is 2.39. The largest absolute Gasteiger partial charge is 0.497 e. The molecule has 0 unspecified atom stereocenters. The summed E-state index contributed by atoms with van der Waals surface area (Å²) in [6.45, 7) is -0.722. The second kappa shape index (κ2) is 6.55. The summed E-state index contributed by atoms with van der Waals surface area (Å²) in [5.74, 6) is 0.214. The molecule has 5 N–H and O–H groups in total. The van der Waals surface area contributed by atoms with Crippen molar-refractivity contribution in [2.75, 3.05) is 13.7 Å². The number of aromatic nitrogens is 4. The number of fused-ring (bicyclic) bond motifs is 3. The Bertz CT molecular complexity index is 1190. The zero-order valence-electron chi connectivity index (χ0n) is 15.0. The van der Waals surface area contributed by atoms with Gasteiger partial charge >= 0.3 is 0 Å². The Morgan fingerprint density at radius 2 is 1.89 bits per heavy atom. The van der Waals surface area contributed by atoms with Gasteiger partial charge in [0.15, 0.2) is 22.8 Å². The number of aliphatic hydroxyl groups excluding tert-OH is 1. The maximum Gasteiger partial charge on any atom is 0.247 e. The quantitative estimate of drug-likeness (QED) is 0.461. The average Bonchev–Trinajstić information content (AvgIpc) is 3.18. The number of ether oxygens (including phenoxy) is 1. The van der Waals surface area contributed by atoms with Gasteiger partial charge in [0.2, 0.25) is 5.91 Å². The molecule has 1 atom stereocenters. The van der Waals surface area contributed by atoms with Crippen molar-refractivity contribution < 1.29 is 14.6 Å². The predicted octanol–water partition coefficient (Wildman–Crippen LogP) is 0.585. The third-order valence-corrected chi connectivity index (χ3v) is 4.62. The van der Waals surface area contributed by atoms with E-state index in [1.165, 1.54) is 4.52 Å². The minimum absolute atomic E-state index is 0.0171. The molecule has 0 aliphatic heterocycles. The molecule has 4 rings (SSSR count). The first kappa shape index (κ1) is 17.8. The van der Waals surface area contributed by atoms with Gasteiger partial charge < -0.3 is 21.3 Å². The van der Waals surface area contributed by atoms with E-state index >= 15 is 0 Å². The summed E-state index contributed by atoms with van der Waals surface area (Å²) < 4.78 is 6.54. The smallest absolute Gasteiger partial charge is 0.247 e. The summed E-state index contributed by atoms with van der Waals surface area (Å²) in [6.07, 6.45) is 0. The SMILES string of the molecule is COc1ccc(-c2nc3c4ccccc4nc([C@@](N)(CO)C(N)=O)n3n2)cc1. The van der Waals surface area contributed by atoms with Crippen LogP contribution < -0.4 is 16.2 Å². The van der Waals surface area contributed by atoms with Gasteiger partial charge in [0.1, 0.15) is 5.75 Å². The molecule has 4 aromatic rings. The van der Waals surface area contributed by atoms with Crippen molar-refractivity contribution in [3.63, 3.8) is 0 Å². The maximum atomic E-state index is 12.0. The lowest BCUT2D eigenvalue weighted by Gasteiger charge is -2.23. The second-order valence-electron chi connectivity index (χ2n) is 6.35. The van der Waals surface area contributed by atoms with Crippen molar-refractivity contribution in [2.45, 2.75) is 5.54 Å². The summed E-state index contributed by atoms with van der Waals surface area (Å²) in [5, 5.41) is 15.0. The Morgan fingerprint density at radius 3 is 2.54 bits per heavy atom. The number of nitrogens with zero attached hydrogens (tertiary/aromatic N) is 4. The molecule has 2 aromatic carbocycles. The Morgan fingerprint density at radius 1 is 1.18 bits per heavy atom. The van der Waals surface area contributed by atoms with Gasteiger partial charge in [-0.15, -0.1) is 5.10 Å². The fraction of sp³-hybridized carbons (Fsp3) is 0.158. The number of hydrogen-bond acceptors (Lipinski definition) is 7. The number of carbonyl (C=O) groups excluding carboxylic acids is 1. The molecule has 0 saturated heterocycles. The third kappa shape index (κ3) is 2.65. The van der Waals surface area contributed by atoms with Crippen LogP contribution in [0.1, 0.15) is 5.82 Å². The van der Waals surface area contributed by atoms with Crippen LogP contribution >= 0.6 is 0 Å². The molecule has 142 valence electrons. The van der Waals surface area contributed by atoms with Gasteiger partial charge in [0.25, 0.3) is 0 Å². The number of hydrogen-bond donors (Lipinski definition) is 3. The van der Waals surface area contributed by atoms with E-state index in [1.807, 2.05) is 24.3 Å². The van der Waals surface area contributed by atoms with Crippen LogP contribution in [0.5, 0.6) is 5.75 Å². The van der Waals surface area contributed by atoms with Crippen LogP contribution in [0.4, 0.5) is 0 Å². The number of para-hydroxylation sites is 1. The molecule has 9 nitrogen and oxygen atoms in total. The van der Waals surface area contributed by atoms with Gasteiger partial charge in [-0.05, 0) is 36.4 Å². The lowest BCUT2D eigenvalue weighted by molar-refractivity contribution is -0.125. The van der Waals surface area contributed by atoms with Crippen molar-refractivity contribution in [3.05, 3.63) is 54.4 Å². The number of carbonyl (C=O) groups is 1. The van der Waals surface area contributed by atoms with E-state index < -0.39 is 18.1 Å². The first-order valence-corrected chi connectivity index (χ1v) is 8.48. The molecule has 0 radical (unpaired) electrons.